The van der Waals surface area contributed by atoms with Crippen molar-refractivity contribution < 1.29 is 19.8 Å². The number of rotatable bonds is 2. The Morgan fingerprint density at radius 3 is 2.80 bits per heavy atom. The first-order valence-electron chi connectivity index (χ1n) is 2.92. The summed E-state index contributed by atoms with van der Waals surface area (Å²) in [5.41, 5.74) is 2.93. The van der Waals surface area contributed by atoms with Crippen molar-refractivity contribution in [3.05, 3.63) is 11.9 Å². The van der Waals surface area contributed by atoms with Crippen molar-refractivity contribution in [3.63, 3.8) is 0 Å². The smallest absolute Gasteiger partial charge is 0.342 e. The molecule has 0 unspecified atom stereocenters. The van der Waals surface area contributed by atoms with Crippen molar-refractivity contribution >= 4 is 6.34 Å². The van der Waals surface area contributed by atoms with Crippen molar-refractivity contribution in [1.29, 1.82) is 0 Å². The highest BCUT2D eigenvalue weighted by Gasteiger charge is 2.37. The minimum atomic E-state index is -2.86. The van der Waals surface area contributed by atoms with E-state index in [1.165, 1.54) is 17.9 Å². The van der Waals surface area contributed by atoms with E-state index in [9.17, 15) is 8.78 Å². The van der Waals surface area contributed by atoms with Crippen molar-refractivity contribution in [1.82, 2.24) is 0 Å². The molecule has 0 aromatic carbocycles. The van der Waals surface area contributed by atoms with Gasteiger partial charge in [0.05, 0.1) is 0 Å². The molecule has 1 heterocycles. The lowest BCUT2D eigenvalue weighted by molar-refractivity contribution is -0.449. The Morgan fingerprint density at radius 1 is 1.70 bits per heavy atom. The Morgan fingerprint density at radius 2 is 2.40 bits per heavy atom. The van der Waals surface area contributed by atoms with Gasteiger partial charge in [-0.1, -0.05) is 0 Å². The van der Waals surface area contributed by atoms with Crippen LogP contribution in [0.1, 0.15) is 0 Å². The molecule has 56 valence electrons. The second-order valence-electron chi connectivity index (χ2n) is 1.98. The number of aliphatic imine (C=N–C) groups is 1. The van der Waals surface area contributed by atoms with Crippen molar-refractivity contribution in [2.75, 3.05) is 6.54 Å². The largest absolute Gasteiger partial charge is 0.352 e. The van der Waals surface area contributed by atoms with Gasteiger partial charge in [0.1, 0.15) is 12.7 Å². The molecule has 10 heavy (non-hydrogen) atoms. The normalized spacial score (nSPS) is 17.7. The second-order valence-corrected chi connectivity index (χ2v) is 1.98. The third-order valence-corrected chi connectivity index (χ3v) is 1.24. The first-order valence-corrected chi connectivity index (χ1v) is 2.92. The summed E-state index contributed by atoms with van der Waals surface area (Å²) >= 11 is 0. The second kappa shape index (κ2) is 2.43. The molecule has 1 aliphatic heterocycles. The number of hydrogen-bond acceptors (Lipinski definition) is 1. The molecular weight excluding hydrogens is 140 g/mol. The number of nitrogens with zero attached hydrogens (tertiary/aromatic N) is 1. The van der Waals surface area contributed by atoms with Gasteiger partial charge in [-0.25, -0.2) is 0 Å². The molecule has 5 heteroatoms. The van der Waals surface area contributed by atoms with Crippen LogP contribution < -0.4 is 11.1 Å². The Labute approximate surface area is 56.6 Å². The van der Waals surface area contributed by atoms with Gasteiger partial charge in [-0.15, -0.1) is 0 Å². The van der Waals surface area contributed by atoms with E-state index < -0.39 is 12.5 Å². The summed E-state index contributed by atoms with van der Waals surface area (Å²) in [4.78, 5) is 3.47. The van der Waals surface area contributed by atoms with Crippen LogP contribution in [0.4, 0.5) is 8.78 Å². The fourth-order valence-electron chi connectivity index (χ4n) is 0.645. The predicted molar refractivity (Wildman–Crippen MR) is 31.2 cm³/mol. The lowest BCUT2D eigenvalue weighted by Gasteiger charge is -2.06. The van der Waals surface area contributed by atoms with E-state index >= 15 is 0 Å². The van der Waals surface area contributed by atoms with Crippen LogP contribution in [-0.2, 0) is 0 Å². The predicted octanol–water partition coefficient (Wildman–Crippen LogP) is -1.69. The Kier molecular flexibility index (Phi) is 1.78. The van der Waals surface area contributed by atoms with E-state index in [4.69, 9.17) is 0 Å². The van der Waals surface area contributed by atoms with E-state index in [1.807, 2.05) is 0 Å². The lowest BCUT2D eigenvalue weighted by Crippen LogP contribution is -2.74. The molecular formula is C5H9F2N3+2. The molecule has 0 aliphatic carbocycles. The summed E-state index contributed by atoms with van der Waals surface area (Å²) in [6.07, 6.45) is 2.64. The van der Waals surface area contributed by atoms with Crippen LogP contribution in [0.5, 0.6) is 0 Å². The maximum Gasteiger partial charge on any atom is 0.342 e. The summed E-state index contributed by atoms with van der Waals surface area (Å²) in [6, 6.07) is 0. The highest BCUT2D eigenvalue weighted by atomic mass is 19.3. The van der Waals surface area contributed by atoms with E-state index in [0.717, 1.165) is 0 Å². The summed E-state index contributed by atoms with van der Waals surface area (Å²) in [6.45, 7) is -0.440. The standard InChI is InChI=1S/C5H7F2N3/c6-5(7,2-8)4-1-9-3-10-4/h1,3H,2,8H2,(H,9,10)/p+2. The molecule has 0 radical (unpaired) electrons. The average Bonchev–Trinajstić information content (AvgIpc) is 2.38. The van der Waals surface area contributed by atoms with Crippen LogP contribution >= 0.6 is 0 Å². The van der Waals surface area contributed by atoms with Gasteiger partial charge < -0.3 is 5.73 Å². The van der Waals surface area contributed by atoms with Crippen molar-refractivity contribution in [2.45, 2.75) is 5.92 Å². The van der Waals surface area contributed by atoms with Crippen molar-refractivity contribution in [2.24, 2.45) is 4.99 Å². The zero-order valence-electron chi connectivity index (χ0n) is 5.35. The van der Waals surface area contributed by atoms with E-state index in [0.29, 0.717) is 0 Å². The number of nitrogens with two attached hydrogens (primary N) is 1. The van der Waals surface area contributed by atoms with Crippen LogP contribution in [0.3, 0.4) is 0 Å². The van der Waals surface area contributed by atoms with E-state index in [-0.39, 0.29) is 5.70 Å². The molecule has 0 saturated heterocycles. The van der Waals surface area contributed by atoms with Crippen LogP contribution in [0.2, 0.25) is 0 Å². The molecule has 0 saturated carbocycles. The summed E-state index contributed by atoms with van der Waals surface area (Å²) in [7, 11) is 0. The Bertz CT molecular complexity index is 185. The minimum absolute atomic E-state index is 0.192. The van der Waals surface area contributed by atoms with Gasteiger partial charge in [0.2, 0.25) is 0 Å². The maximum atomic E-state index is 12.6. The topological polar surface area (TPSA) is 56.6 Å². The van der Waals surface area contributed by atoms with Gasteiger partial charge in [0.25, 0.3) is 0 Å². The van der Waals surface area contributed by atoms with Crippen LogP contribution in [0, 0.1) is 0 Å². The highest BCUT2D eigenvalue weighted by molar-refractivity contribution is 5.48. The van der Waals surface area contributed by atoms with E-state index in [2.05, 4.69) is 10.7 Å². The van der Waals surface area contributed by atoms with Crippen LogP contribution in [0.25, 0.3) is 0 Å². The van der Waals surface area contributed by atoms with Crippen LogP contribution in [-0.4, -0.2) is 18.8 Å². The molecule has 0 amide bonds. The fourth-order valence-corrected chi connectivity index (χ4v) is 0.645. The molecule has 0 aromatic rings. The Hall–Kier alpha value is -0.810. The van der Waals surface area contributed by atoms with Crippen molar-refractivity contribution in [3.8, 4) is 0 Å². The molecule has 1 aliphatic rings. The Balaban J connectivity index is 2.72. The molecule has 1 rings (SSSR count). The number of hydrogen-bond donors (Lipinski definition) is 2. The van der Waals surface area contributed by atoms with Crippen LogP contribution in [0.15, 0.2) is 16.9 Å². The average molecular weight is 149 g/mol. The fraction of sp³-hybridized carbons (Fsp3) is 0.400. The zero-order valence-corrected chi connectivity index (χ0v) is 5.35. The SMILES string of the molecule is [NH3+]CC(F)(F)C1=C[NH2+]C=N1. The number of halogens is 2. The zero-order chi connectivity index (χ0) is 7.61. The molecule has 0 aromatic heterocycles. The number of alkyl halides is 2. The van der Waals surface area contributed by atoms with Gasteiger partial charge in [-0.05, 0) is 0 Å². The maximum absolute atomic E-state index is 12.6. The molecule has 0 bridgehead atoms. The molecule has 3 nitrogen and oxygen atoms in total. The monoisotopic (exact) mass is 149 g/mol. The van der Waals surface area contributed by atoms with E-state index in [1.54, 1.807) is 0 Å². The first-order chi connectivity index (χ1) is 4.67. The highest BCUT2D eigenvalue weighted by Crippen LogP contribution is 2.22. The lowest BCUT2D eigenvalue weighted by atomic mass is 10.3. The summed E-state index contributed by atoms with van der Waals surface area (Å²) < 4.78 is 25.2. The third kappa shape index (κ3) is 1.19. The third-order valence-electron chi connectivity index (χ3n) is 1.24. The quantitative estimate of drug-likeness (QED) is 0.471. The minimum Gasteiger partial charge on any atom is -0.352 e. The van der Waals surface area contributed by atoms with Gasteiger partial charge in [0, 0.05) is 0 Å². The van der Waals surface area contributed by atoms with Gasteiger partial charge >= 0.3 is 5.92 Å². The van der Waals surface area contributed by atoms with Gasteiger partial charge in [0.15, 0.2) is 12.0 Å². The summed E-state index contributed by atoms with van der Waals surface area (Å²) in [5.74, 6) is -2.86. The molecule has 5 N–H and O–H groups in total. The van der Waals surface area contributed by atoms with Gasteiger partial charge in [-0.3, -0.25) is 5.32 Å². The molecule has 0 fully saturated rings. The number of quaternary nitrogens is 2. The first kappa shape index (κ1) is 7.30. The molecule has 0 atom stereocenters. The molecule has 0 spiro atoms. The van der Waals surface area contributed by atoms with Gasteiger partial charge in [-0.2, -0.15) is 13.8 Å². The summed E-state index contributed by atoms with van der Waals surface area (Å²) in [5, 5.41) is 1.49.